The lowest BCUT2D eigenvalue weighted by atomic mass is 9.98. The van der Waals surface area contributed by atoms with Crippen LogP contribution >= 0.6 is 15.9 Å². The summed E-state index contributed by atoms with van der Waals surface area (Å²) in [5.41, 5.74) is 4.29. The molecular formula is C21H15BrN2O4. The second-order valence-corrected chi connectivity index (χ2v) is 7.22. The van der Waals surface area contributed by atoms with Gasteiger partial charge in [-0.1, -0.05) is 48.5 Å². The van der Waals surface area contributed by atoms with Crippen molar-refractivity contribution in [1.82, 2.24) is 4.98 Å². The number of carbonyl (C=O) groups excluding carboxylic acids is 1. The molecule has 0 aliphatic heterocycles. The standard InChI is InChI=1S/C21H15BrN2O4/c22-12-9-18(19(20(25)26)23-10-12)24-21(27)28-11-17-15-7-3-1-5-13(15)14-6-2-4-8-16(14)17/h1-10,17H,11H2,(H,24,27)(H,25,26). The SMILES string of the molecule is O=C(Nc1cc(Br)cnc1C(=O)O)OCC1c2ccccc2-c2ccccc21. The van der Waals surface area contributed by atoms with Crippen LogP contribution in [0, 0.1) is 0 Å². The summed E-state index contributed by atoms with van der Waals surface area (Å²) in [4.78, 5) is 27.4. The zero-order valence-corrected chi connectivity index (χ0v) is 16.1. The van der Waals surface area contributed by atoms with Gasteiger partial charge in [-0.2, -0.15) is 0 Å². The summed E-state index contributed by atoms with van der Waals surface area (Å²) in [7, 11) is 0. The number of hydrogen-bond donors (Lipinski definition) is 2. The molecule has 1 aliphatic carbocycles. The summed E-state index contributed by atoms with van der Waals surface area (Å²) < 4.78 is 5.98. The lowest BCUT2D eigenvalue weighted by molar-refractivity contribution is 0.0691. The third kappa shape index (κ3) is 3.36. The first-order chi connectivity index (χ1) is 13.5. The van der Waals surface area contributed by atoms with Crippen molar-refractivity contribution in [2.75, 3.05) is 11.9 Å². The van der Waals surface area contributed by atoms with Gasteiger partial charge in [0.1, 0.15) is 6.61 Å². The number of fused-ring (bicyclic) bond motifs is 3. The molecular weight excluding hydrogens is 424 g/mol. The van der Waals surface area contributed by atoms with Crippen LogP contribution in [-0.2, 0) is 4.74 Å². The molecule has 1 amide bonds. The Morgan fingerprint density at radius 3 is 2.29 bits per heavy atom. The monoisotopic (exact) mass is 438 g/mol. The summed E-state index contributed by atoms with van der Waals surface area (Å²) in [6.45, 7) is 0.143. The lowest BCUT2D eigenvalue weighted by Crippen LogP contribution is -2.19. The fourth-order valence-electron chi connectivity index (χ4n) is 3.45. The molecule has 0 spiro atoms. The van der Waals surface area contributed by atoms with Crippen LogP contribution in [0.3, 0.4) is 0 Å². The molecule has 2 N–H and O–H groups in total. The number of rotatable bonds is 4. The average molecular weight is 439 g/mol. The zero-order valence-electron chi connectivity index (χ0n) is 14.6. The molecule has 0 bridgehead atoms. The summed E-state index contributed by atoms with van der Waals surface area (Å²) in [6, 6.07) is 17.5. The molecule has 2 aromatic carbocycles. The first kappa shape index (κ1) is 18.2. The largest absolute Gasteiger partial charge is 0.476 e. The van der Waals surface area contributed by atoms with E-state index in [-0.39, 0.29) is 23.9 Å². The number of amides is 1. The van der Waals surface area contributed by atoms with Crippen molar-refractivity contribution < 1.29 is 19.4 Å². The number of carbonyl (C=O) groups is 2. The van der Waals surface area contributed by atoms with Crippen molar-refractivity contribution in [3.8, 4) is 11.1 Å². The van der Waals surface area contributed by atoms with E-state index in [1.807, 2.05) is 36.4 Å². The fourth-order valence-corrected chi connectivity index (χ4v) is 3.78. The van der Waals surface area contributed by atoms with Gasteiger partial charge < -0.3 is 9.84 Å². The minimum Gasteiger partial charge on any atom is -0.476 e. The molecule has 0 atom stereocenters. The molecule has 28 heavy (non-hydrogen) atoms. The van der Waals surface area contributed by atoms with Crippen molar-refractivity contribution in [3.05, 3.63) is 82.1 Å². The van der Waals surface area contributed by atoms with E-state index < -0.39 is 12.1 Å². The van der Waals surface area contributed by atoms with E-state index in [0.29, 0.717) is 4.47 Å². The van der Waals surface area contributed by atoms with Crippen LogP contribution < -0.4 is 5.32 Å². The van der Waals surface area contributed by atoms with Gasteiger partial charge in [-0.25, -0.2) is 14.6 Å². The highest BCUT2D eigenvalue weighted by atomic mass is 79.9. The number of anilines is 1. The quantitative estimate of drug-likeness (QED) is 0.604. The van der Waals surface area contributed by atoms with Gasteiger partial charge in [0.25, 0.3) is 0 Å². The van der Waals surface area contributed by atoms with Crippen molar-refractivity contribution in [2.24, 2.45) is 0 Å². The number of carboxylic acid groups (broad SMARTS) is 1. The van der Waals surface area contributed by atoms with Crippen LogP contribution in [-0.4, -0.2) is 28.8 Å². The van der Waals surface area contributed by atoms with Crippen molar-refractivity contribution >= 4 is 33.7 Å². The second kappa shape index (κ2) is 7.44. The van der Waals surface area contributed by atoms with Crippen LogP contribution in [0.25, 0.3) is 11.1 Å². The van der Waals surface area contributed by atoms with Gasteiger partial charge >= 0.3 is 12.1 Å². The Kier molecular flexibility index (Phi) is 4.83. The number of aromatic nitrogens is 1. The van der Waals surface area contributed by atoms with Crippen molar-refractivity contribution in [2.45, 2.75) is 5.92 Å². The summed E-state index contributed by atoms with van der Waals surface area (Å²) in [5.74, 6) is -1.31. The number of ether oxygens (including phenoxy) is 1. The molecule has 0 fully saturated rings. The Morgan fingerprint density at radius 2 is 1.68 bits per heavy atom. The Morgan fingerprint density at radius 1 is 1.07 bits per heavy atom. The zero-order chi connectivity index (χ0) is 19.7. The molecule has 140 valence electrons. The van der Waals surface area contributed by atoms with Crippen LogP contribution in [0.5, 0.6) is 0 Å². The molecule has 1 aromatic heterocycles. The summed E-state index contributed by atoms with van der Waals surface area (Å²) in [6.07, 6.45) is 0.621. The maximum absolute atomic E-state index is 12.3. The summed E-state index contributed by atoms with van der Waals surface area (Å²) >= 11 is 3.22. The van der Waals surface area contributed by atoms with Crippen LogP contribution in [0.15, 0.2) is 65.3 Å². The molecule has 0 radical (unpaired) electrons. The Balaban J connectivity index is 1.52. The lowest BCUT2D eigenvalue weighted by Gasteiger charge is -2.15. The van der Waals surface area contributed by atoms with E-state index in [9.17, 15) is 14.7 Å². The second-order valence-electron chi connectivity index (χ2n) is 6.31. The highest BCUT2D eigenvalue weighted by molar-refractivity contribution is 9.10. The number of aromatic carboxylic acids is 1. The molecule has 3 aromatic rings. The van der Waals surface area contributed by atoms with Gasteiger partial charge in [0.05, 0.1) is 5.69 Å². The molecule has 4 rings (SSSR count). The maximum atomic E-state index is 12.3. The first-order valence-electron chi connectivity index (χ1n) is 8.55. The Bertz CT molecular complexity index is 1040. The van der Waals surface area contributed by atoms with Crippen LogP contribution in [0.4, 0.5) is 10.5 Å². The number of nitrogens with zero attached hydrogens (tertiary/aromatic N) is 1. The number of benzene rings is 2. The normalized spacial score (nSPS) is 12.2. The molecule has 7 heteroatoms. The first-order valence-corrected chi connectivity index (χ1v) is 9.34. The highest BCUT2D eigenvalue weighted by Crippen LogP contribution is 2.44. The predicted octanol–water partition coefficient (Wildman–Crippen LogP) is 4.90. The van der Waals surface area contributed by atoms with Gasteiger partial charge in [-0.15, -0.1) is 0 Å². The minimum atomic E-state index is -1.23. The third-order valence-electron chi connectivity index (χ3n) is 4.64. The Hall–Kier alpha value is -3.19. The number of pyridine rings is 1. The third-order valence-corrected chi connectivity index (χ3v) is 5.07. The van der Waals surface area contributed by atoms with E-state index in [2.05, 4.69) is 38.4 Å². The predicted molar refractivity (Wildman–Crippen MR) is 108 cm³/mol. The van der Waals surface area contributed by atoms with Gasteiger partial charge in [-0.3, -0.25) is 5.32 Å². The van der Waals surface area contributed by atoms with Crippen molar-refractivity contribution in [1.29, 1.82) is 0 Å². The van der Waals surface area contributed by atoms with E-state index >= 15 is 0 Å². The minimum absolute atomic E-state index is 0.0686. The fraction of sp³-hybridized carbons (Fsp3) is 0.0952. The average Bonchev–Trinajstić information content (AvgIpc) is 3.00. The van der Waals surface area contributed by atoms with Crippen LogP contribution in [0.2, 0.25) is 0 Å². The number of carboxylic acids is 1. The smallest absolute Gasteiger partial charge is 0.411 e. The van der Waals surface area contributed by atoms with E-state index in [1.165, 1.54) is 12.3 Å². The topological polar surface area (TPSA) is 88.5 Å². The molecule has 1 heterocycles. The number of halogens is 1. The number of hydrogen-bond acceptors (Lipinski definition) is 4. The summed E-state index contributed by atoms with van der Waals surface area (Å²) in [5, 5.41) is 11.7. The molecule has 0 unspecified atom stereocenters. The van der Waals surface area contributed by atoms with Crippen molar-refractivity contribution in [3.63, 3.8) is 0 Å². The van der Waals surface area contributed by atoms with E-state index in [0.717, 1.165) is 22.3 Å². The highest BCUT2D eigenvalue weighted by Gasteiger charge is 2.29. The molecule has 0 saturated heterocycles. The van der Waals surface area contributed by atoms with Gasteiger partial charge in [-0.05, 0) is 44.3 Å². The van der Waals surface area contributed by atoms with Crippen LogP contribution in [0.1, 0.15) is 27.5 Å². The van der Waals surface area contributed by atoms with E-state index in [4.69, 9.17) is 4.74 Å². The number of nitrogens with one attached hydrogen (secondary N) is 1. The molecule has 6 nitrogen and oxygen atoms in total. The molecule has 1 aliphatic rings. The Labute approximate surface area is 169 Å². The van der Waals surface area contributed by atoms with E-state index in [1.54, 1.807) is 0 Å². The molecule has 0 saturated carbocycles. The van der Waals surface area contributed by atoms with Gasteiger partial charge in [0.15, 0.2) is 5.69 Å². The van der Waals surface area contributed by atoms with Gasteiger partial charge in [0.2, 0.25) is 0 Å². The van der Waals surface area contributed by atoms with Gasteiger partial charge in [0, 0.05) is 16.6 Å². The maximum Gasteiger partial charge on any atom is 0.411 e.